The number of nitrogens with zero attached hydrogens (tertiary/aromatic N) is 3. The molecule has 9 heteroatoms. The van der Waals surface area contributed by atoms with Gasteiger partial charge in [0.2, 0.25) is 5.78 Å². The Bertz CT molecular complexity index is 708. The van der Waals surface area contributed by atoms with E-state index in [1.54, 1.807) is 12.1 Å². The number of aliphatic hydroxyl groups is 1. The number of hydrogen-bond donors (Lipinski definition) is 1. The summed E-state index contributed by atoms with van der Waals surface area (Å²) in [5, 5.41) is 32.7. The van der Waals surface area contributed by atoms with Gasteiger partial charge in [0.25, 0.3) is 5.54 Å². The monoisotopic (exact) mass is 321 g/mol. The zero-order valence-corrected chi connectivity index (χ0v) is 12.2. The number of piperidine rings is 1. The molecule has 1 aromatic carbocycles. The lowest BCUT2D eigenvalue weighted by Crippen LogP contribution is -2.69. The van der Waals surface area contributed by atoms with Crippen LogP contribution in [0.25, 0.3) is 0 Å². The van der Waals surface area contributed by atoms with Crippen LogP contribution in [0.15, 0.2) is 24.3 Å². The molecular formula is C14H15N3O6. The second-order valence-corrected chi connectivity index (χ2v) is 6.06. The molecule has 2 bridgehead atoms. The van der Waals surface area contributed by atoms with E-state index in [0.29, 0.717) is 0 Å². The van der Waals surface area contributed by atoms with E-state index in [9.17, 15) is 25.0 Å². The fourth-order valence-electron chi connectivity index (χ4n) is 3.79. The predicted octanol–water partition coefficient (Wildman–Crippen LogP) is 0.0684. The van der Waals surface area contributed by atoms with Gasteiger partial charge in [-0.2, -0.15) is 0 Å². The number of aliphatic hydroxyl groups excluding tert-OH is 1. The number of likely N-dealkylation sites (tertiary alicyclic amines) is 1. The van der Waals surface area contributed by atoms with Gasteiger partial charge in [-0.1, -0.05) is 24.3 Å². The number of ketones is 1. The average Bonchev–Trinajstić information content (AvgIpc) is 2.52. The molecular weight excluding hydrogens is 306 g/mol. The Morgan fingerprint density at radius 3 is 2.35 bits per heavy atom. The first-order valence-electron chi connectivity index (χ1n) is 7.14. The van der Waals surface area contributed by atoms with E-state index in [1.165, 1.54) is 17.0 Å². The number of benzene rings is 1. The first-order chi connectivity index (χ1) is 10.9. The number of carbonyl (C=O) groups excluding carboxylic acids is 1. The molecule has 2 atom stereocenters. The van der Waals surface area contributed by atoms with Crippen molar-refractivity contribution in [2.24, 2.45) is 0 Å². The predicted molar refractivity (Wildman–Crippen MR) is 77.3 cm³/mol. The second kappa shape index (κ2) is 5.07. The molecule has 0 unspecified atom stereocenters. The SMILES string of the molecule is O=C1c2ccccc2[C@@]2([N+](=O)[O-])CN(CCO)C[C@]1([N+](=O)[O-])C2. The number of Topliss-reactive ketones (excluding diaryl/α,β-unsaturated/α-hetero) is 1. The van der Waals surface area contributed by atoms with Crippen molar-refractivity contribution in [3.8, 4) is 0 Å². The second-order valence-electron chi connectivity index (χ2n) is 6.06. The maximum absolute atomic E-state index is 12.8. The summed E-state index contributed by atoms with van der Waals surface area (Å²) in [6, 6.07) is 6.03. The fraction of sp³-hybridized carbons (Fsp3) is 0.500. The van der Waals surface area contributed by atoms with Crippen molar-refractivity contribution in [3.05, 3.63) is 55.6 Å². The number of β-amino-alcohol motifs (C(OH)–C–C–N with tert-alkyl or cyclic N) is 1. The third-order valence-corrected chi connectivity index (χ3v) is 4.77. The molecule has 1 saturated heterocycles. The highest BCUT2D eigenvalue weighted by Crippen LogP contribution is 2.47. The smallest absolute Gasteiger partial charge is 0.303 e. The van der Waals surface area contributed by atoms with Crippen molar-refractivity contribution < 1.29 is 19.7 Å². The Balaban J connectivity index is 2.27. The number of fused-ring (bicyclic) bond motifs is 4. The highest BCUT2D eigenvalue weighted by atomic mass is 16.6. The first-order valence-corrected chi connectivity index (χ1v) is 7.14. The summed E-state index contributed by atoms with van der Waals surface area (Å²) in [5.41, 5.74) is -3.49. The molecule has 122 valence electrons. The highest BCUT2D eigenvalue weighted by molar-refractivity contribution is 6.05. The minimum Gasteiger partial charge on any atom is -0.395 e. The lowest BCUT2D eigenvalue weighted by Gasteiger charge is -2.45. The summed E-state index contributed by atoms with van der Waals surface area (Å²) in [7, 11) is 0. The molecule has 23 heavy (non-hydrogen) atoms. The van der Waals surface area contributed by atoms with Crippen molar-refractivity contribution in [1.29, 1.82) is 0 Å². The molecule has 1 aliphatic heterocycles. The quantitative estimate of drug-likeness (QED) is 0.614. The van der Waals surface area contributed by atoms with Crippen LogP contribution in [0, 0.1) is 20.2 Å². The third-order valence-electron chi connectivity index (χ3n) is 4.77. The number of nitro groups is 2. The van der Waals surface area contributed by atoms with Gasteiger partial charge in [0.1, 0.15) is 6.42 Å². The summed E-state index contributed by atoms with van der Waals surface area (Å²) >= 11 is 0. The van der Waals surface area contributed by atoms with Gasteiger partial charge in [-0.3, -0.25) is 29.9 Å². The molecule has 1 heterocycles. The minimum atomic E-state index is -2.05. The van der Waals surface area contributed by atoms with Gasteiger partial charge in [0.15, 0.2) is 0 Å². The van der Waals surface area contributed by atoms with Gasteiger partial charge in [-0.15, -0.1) is 0 Å². The van der Waals surface area contributed by atoms with E-state index in [1.807, 2.05) is 0 Å². The van der Waals surface area contributed by atoms with Gasteiger partial charge in [-0.05, 0) is 0 Å². The number of carbonyl (C=O) groups is 1. The largest absolute Gasteiger partial charge is 0.395 e. The molecule has 0 radical (unpaired) electrons. The van der Waals surface area contributed by atoms with Crippen molar-refractivity contribution in [2.75, 3.05) is 26.2 Å². The van der Waals surface area contributed by atoms with Gasteiger partial charge in [-0.25, -0.2) is 0 Å². The van der Waals surface area contributed by atoms with Crippen LogP contribution in [0.2, 0.25) is 0 Å². The molecule has 1 N–H and O–H groups in total. The molecule has 9 nitrogen and oxygen atoms in total. The standard InChI is InChI=1S/C14H15N3O6/c18-6-5-15-8-13(16(20)21)7-14(9-15,17(22)23)12(19)10-3-1-2-4-11(10)13/h1-4,18H,5-9H2/t13-,14+/m0/s1. The van der Waals surface area contributed by atoms with Crippen LogP contribution in [0.4, 0.5) is 0 Å². The summed E-state index contributed by atoms with van der Waals surface area (Å²) < 4.78 is 0. The fourth-order valence-corrected chi connectivity index (χ4v) is 3.79. The van der Waals surface area contributed by atoms with Crippen molar-refractivity contribution >= 4 is 5.78 Å². The molecule has 2 aliphatic rings. The maximum Gasteiger partial charge on any atom is 0.303 e. The van der Waals surface area contributed by atoms with Crippen molar-refractivity contribution in [3.63, 3.8) is 0 Å². The third kappa shape index (κ3) is 1.97. The van der Waals surface area contributed by atoms with Gasteiger partial charge >= 0.3 is 5.54 Å². The molecule has 1 fully saturated rings. The Kier molecular flexibility index (Phi) is 3.42. The zero-order chi connectivity index (χ0) is 16.8. The van der Waals surface area contributed by atoms with Gasteiger partial charge in [0.05, 0.1) is 19.7 Å². The Morgan fingerprint density at radius 1 is 1.13 bits per heavy atom. The average molecular weight is 321 g/mol. The van der Waals surface area contributed by atoms with Crippen molar-refractivity contribution in [2.45, 2.75) is 17.5 Å². The molecule has 0 amide bonds. The van der Waals surface area contributed by atoms with Crippen LogP contribution >= 0.6 is 0 Å². The summed E-state index contributed by atoms with van der Waals surface area (Å²) in [6.45, 7) is -0.554. The maximum atomic E-state index is 12.8. The molecule has 3 rings (SSSR count). The van der Waals surface area contributed by atoms with Crippen LogP contribution in [-0.4, -0.2) is 57.4 Å². The lowest BCUT2D eigenvalue weighted by atomic mass is 9.64. The highest BCUT2D eigenvalue weighted by Gasteiger charge is 2.70. The molecule has 0 saturated carbocycles. The van der Waals surface area contributed by atoms with E-state index in [-0.39, 0.29) is 37.4 Å². The lowest BCUT2D eigenvalue weighted by molar-refractivity contribution is -0.623. The van der Waals surface area contributed by atoms with Gasteiger partial charge < -0.3 is 5.11 Å². The van der Waals surface area contributed by atoms with E-state index >= 15 is 0 Å². The molecule has 1 aromatic rings. The van der Waals surface area contributed by atoms with Crippen LogP contribution < -0.4 is 0 Å². The normalized spacial score (nSPS) is 29.9. The van der Waals surface area contributed by atoms with Gasteiger partial charge in [0, 0.05) is 27.5 Å². The van der Waals surface area contributed by atoms with Crippen molar-refractivity contribution in [1.82, 2.24) is 4.90 Å². The van der Waals surface area contributed by atoms with E-state index in [4.69, 9.17) is 5.11 Å². The minimum absolute atomic E-state index is 0.0423. The molecule has 0 spiro atoms. The number of rotatable bonds is 4. The Labute approximate surface area is 130 Å². The number of hydrogen-bond acceptors (Lipinski definition) is 7. The summed E-state index contributed by atoms with van der Waals surface area (Å²) in [6.07, 6.45) is -0.461. The Hall–Kier alpha value is -2.39. The topological polar surface area (TPSA) is 127 Å². The molecule has 0 aromatic heterocycles. The first kappa shape index (κ1) is 15.5. The van der Waals surface area contributed by atoms with Crippen LogP contribution in [0.5, 0.6) is 0 Å². The van der Waals surface area contributed by atoms with E-state index < -0.39 is 33.1 Å². The van der Waals surface area contributed by atoms with Crippen LogP contribution in [-0.2, 0) is 5.54 Å². The summed E-state index contributed by atoms with van der Waals surface area (Å²) in [4.78, 5) is 36.5. The molecule has 1 aliphatic carbocycles. The van der Waals surface area contributed by atoms with Crippen LogP contribution in [0.1, 0.15) is 22.3 Å². The zero-order valence-electron chi connectivity index (χ0n) is 12.2. The van der Waals surface area contributed by atoms with Crippen LogP contribution in [0.3, 0.4) is 0 Å². The van der Waals surface area contributed by atoms with E-state index in [2.05, 4.69) is 0 Å². The van der Waals surface area contributed by atoms with E-state index in [0.717, 1.165) is 0 Å². The Morgan fingerprint density at radius 2 is 1.74 bits per heavy atom. The summed E-state index contributed by atoms with van der Waals surface area (Å²) in [5.74, 6) is -0.696.